The molecule has 184 valence electrons. The molecule has 2 aliphatic carbocycles. The Bertz CT molecular complexity index is 739. The molecule has 3 rings (SSSR count). The largest absolute Gasteiger partial charge is 0.369 e. The summed E-state index contributed by atoms with van der Waals surface area (Å²) in [5.74, 6) is -0.607. The summed E-state index contributed by atoms with van der Waals surface area (Å²) in [5.41, 5.74) is -0.479. The van der Waals surface area contributed by atoms with Gasteiger partial charge < -0.3 is 9.47 Å². The lowest BCUT2D eigenvalue weighted by Gasteiger charge is -2.59. The fraction of sp³-hybridized carbons (Fsp3) is 0.929. The molecule has 0 spiro atoms. The molecule has 8 unspecified atom stereocenters. The molecule has 3 fully saturated rings. The summed E-state index contributed by atoms with van der Waals surface area (Å²) >= 11 is 0. The molecule has 4 nitrogen and oxygen atoms in total. The highest BCUT2D eigenvalue weighted by Crippen LogP contribution is 2.54. The van der Waals surface area contributed by atoms with E-state index in [1.165, 1.54) is 0 Å². The summed E-state index contributed by atoms with van der Waals surface area (Å²) in [6.07, 6.45) is 1.23. The molecule has 1 heterocycles. The lowest BCUT2D eigenvalue weighted by Crippen LogP contribution is -2.68. The molecule has 1 aliphatic heterocycles. The Morgan fingerprint density at radius 1 is 0.562 bits per heavy atom. The maximum Gasteiger partial charge on any atom is 0.205 e. The Balaban J connectivity index is 2.08. The van der Waals surface area contributed by atoms with Gasteiger partial charge in [0.05, 0.1) is 36.3 Å². The van der Waals surface area contributed by atoms with Crippen LogP contribution >= 0.6 is 0 Å². The Labute approximate surface area is 196 Å². The van der Waals surface area contributed by atoms with Crippen molar-refractivity contribution in [2.75, 3.05) is 0 Å². The summed E-state index contributed by atoms with van der Waals surface area (Å²) in [6, 6.07) is 0. The summed E-state index contributed by atoms with van der Waals surface area (Å²) in [5, 5.41) is 0. The van der Waals surface area contributed by atoms with E-state index < -0.39 is 11.8 Å². The summed E-state index contributed by atoms with van der Waals surface area (Å²) in [6.45, 7) is 26.1. The SMILES string of the molecule is CC(C)(C)C1CC2OC3C(OC2C(C(C)(C)C)C1)C(C(C)(C)C)C(=O)C(=O)C3C(C)(C)C. The standard InChI is InChI=1S/C28H48O4/c1-25(2,3)15-13-16(26(4,5)6)22-17(14-15)31-23-18(27(7,8)9)20(29)21(30)19(24(23)32-22)28(10,11)12/h15-19,22-24H,13-14H2,1-12H3. The first-order valence-corrected chi connectivity index (χ1v) is 12.6. The van der Waals surface area contributed by atoms with E-state index in [9.17, 15) is 9.59 Å². The summed E-state index contributed by atoms with van der Waals surface area (Å²) in [4.78, 5) is 26.8. The maximum absolute atomic E-state index is 13.4. The van der Waals surface area contributed by atoms with E-state index in [0.29, 0.717) is 11.8 Å². The lowest BCUT2D eigenvalue weighted by molar-refractivity contribution is -0.294. The minimum Gasteiger partial charge on any atom is -0.369 e. The molecule has 3 aliphatic rings. The summed E-state index contributed by atoms with van der Waals surface area (Å²) in [7, 11) is 0. The zero-order valence-electron chi connectivity index (χ0n) is 22.7. The van der Waals surface area contributed by atoms with Crippen LogP contribution in [-0.2, 0) is 19.1 Å². The van der Waals surface area contributed by atoms with Crippen molar-refractivity contribution in [2.45, 2.75) is 120 Å². The van der Waals surface area contributed by atoms with Crippen LogP contribution in [0.5, 0.6) is 0 Å². The van der Waals surface area contributed by atoms with Crippen molar-refractivity contribution in [1.29, 1.82) is 0 Å². The van der Waals surface area contributed by atoms with Crippen molar-refractivity contribution in [2.24, 2.45) is 45.3 Å². The minimum atomic E-state index is -0.472. The number of carbonyl (C=O) groups excluding carboxylic acids is 2. The van der Waals surface area contributed by atoms with Gasteiger partial charge in [0.15, 0.2) is 0 Å². The highest BCUT2D eigenvalue weighted by molar-refractivity contribution is 6.40. The molecule has 0 aromatic carbocycles. The van der Waals surface area contributed by atoms with Crippen LogP contribution in [0.2, 0.25) is 0 Å². The molecular formula is C28H48O4. The van der Waals surface area contributed by atoms with E-state index >= 15 is 0 Å². The third-order valence-corrected chi connectivity index (χ3v) is 8.46. The van der Waals surface area contributed by atoms with Crippen molar-refractivity contribution in [3.05, 3.63) is 0 Å². The van der Waals surface area contributed by atoms with Gasteiger partial charge in [-0.05, 0) is 46.3 Å². The fourth-order valence-corrected chi connectivity index (χ4v) is 6.53. The van der Waals surface area contributed by atoms with Crippen LogP contribution in [0.1, 0.15) is 95.9 Å². The van der Waals surface area contributed by atoms with E-state index in [2.05, 4.69) is 41.5 Å². The van der Waals surface area contributed by atoms with Gasteiger partial charge in [-0.15, -0.1) is 0 Å². The van der Waals surface area contributed by atoms with Crippen LogP contribution in [0.4, 0.5) is 0 Å². The van der Waals surface area contributed by atoms with Gasteiger partial charge in [0.25, 0.3) is 0 Å². The number of ketones is 2. The van der Waals surface area contributed by atoms with E-state index in [1.807, 2.05) is 41.5 Å². The molecule has 0 aromatic rings. The average Bonchev–Trinajstić information content (AvgIpc) is 2.56. The van der Waals surface area contributed by atoms with Gasteiger partial charge in [0, 0.05) is 0 Å². The van der Waals surface area contributed by atoms with Crippen molar-refractivity contribution >= 4 is 11.6 Å². The van der Waals surface area contributed by atoms with Crippen molar-refractivity contribution in [3.8, 4) is 0 Å². The first kappa shape index (κ1) is 25.9. The average molecular weight is 449 g/mol. The molecule has 0 radical (unpaired) electrons. The van der Waals surface area contributed by atoms with Gasteiger partial charge >= 0.3 is 0 Å². The molecule has 2 saturated carbocycles. The Kier molecular flexibility index (Phi) is 6.39. The number of rotatable bonds is 0. The molecule has 0 N–H and O–H groups in total. The van der Waals surface area contributed by atoms with E-state index in [-0.39, 0.29) is 57.6 Å². The monoisotopic (exact) mass is 448 g/mol. The first-order valence-electron chi connectivity index (χ1n) is 12.6. The number of fused-ring (bicyclic) bond motifs is 2. The van der Waals surface area contributed by atoms with Gasteiger partial charge in [-0.25, -0.2) is 0 Å². The Hall–Kier alpha value is -0.740. The normalized spacial score (nSPS) is 39.5. The number of hydrogen-bond donors (Lipinski definition) is 0. The zero-order valence-corrected chi connectivity index (χ0v) is 22.7. The molecule has 32 heavy (non-hydrogen) atoms. The first-order chi connectivity index (χ1) is 14.2. The number of ether oxygens (including phenoxy) is 2. The second-order valence-electron chi connectivity index (χ2n) is 15.1. The van der Waals surface area contributed by atoms with Gasteiger partial charge in [-0.1, -0.05) is 83.1 Å². The summed E-state index contributed by atoms with van der Waals surface area (Å²) < 4.78 is 13.9. The smallest absolute Gasteiger partial charge is 0.205 e. The minimum absolute atomic E-state index is 0.0371. The molecule has 1 saturated heterocycles. The van der Waals surface area contributed by atoms with Crippen LogP contribution in [0.15, 0.2) is 0 Å². The van der Waals surface area contributed by atoms with Crippen LogP contribution in [0, 0.1) is 45.3 Å². The number of hydrogen-bond acceptors (Lipinski definition) is 4. The quantitative estimate of drug-likeness (QED) is 0.420. The molecule has 0 bridgehead atoms. The topological polar surface area (TPSA) is 52.6 Å². The lowest BCUT2D eigenvalue weighted by atomic mass is 9.58. The Morgan fingerprint density at radius 3 is 1.38 bits per heavy atom. The highest BCUT2D eigenvalue weighted by atomic mass is 16.6. The van der Waals surface area contributed by atoms with Crippen molar-refractivity contribution < 1.29 is 19.1 Å². The van der Waals surface area contributed by atoms with Crippen LogP contribution in [0.25, 0.3) is 0 Å². The van der Waals surface area contributed by atoms with Crippen molar-refractivity contribution in [3.63, 3.8) is 0 Å². The van der Waals surface area contributed by atoms with Crippen molar-refractivity contribution in [1.82, 2.24) is 0 Å². The second kappa shape index (κ2) is 7.90. The second-order valence-corrected chi connectivity index (χ2v) is 15.1. The third kappa shape index (κ3) is 4.60. The molecule has 0 aromatic heterocycles. The number of Topliss-reactive ketones (excluding diaryl/α,β-unsaturated/α-hetero) is 2. The molecule has 0 amide bonds. The van der Waals surface area contributed by atoms with Crippen LogP contribution in [0.3, 0.4) is 0 Å². The fourth-order valence-electron chi connectivity index (χ4n) is 6.53. The zero-order chi connectivity index (χ0) is 24.6. The van der Waals surface area contributed by atoms with Gasteiger partial charge in [-0.2, -0.15) is 0 Å². The van der Waals surface area contributed by atoms with Gasteiger partial charge in [0.1, 0.15) is 0 Å². The molecule has 4 heteroatoms. The molecular weight excluding hydrogens is 400 g/mol. The van der Waals surface area contributed by atoms with Crippen LogP contribution < -0.4 is 0 Å². The van der Waals surface area contributed by atoms with Gasteiger partial charge in [0.2, 0.25) is 11.6 Å². The van der Waals surface area contributed by atoms with Crippen LogP contribution in [-0.4, -0.2) is 36.0 Å². The Morgan fingerprint density at radius 2 is 1.00 bits per heavy atom. The third-order valence-electron chi connectivity index (χ3n) is 8.46. The number of carbonyl (C=O) groups is 2. The predicted molar refractivity (Wildman–Crippen MR) is 128 cm³/mol. The maximum atomic E-state index is 13.4. The van der Waals surface area contributed by atoms with E-state index in [1.54, 1.807) is 0 Å². The van der Waals surface area contributed by atoms with E-state index in [0.717, 1.165) is 12.8 Å². The van der Waals surface area contributed by atoms with Gasteiger partial charge in [-0.3, -0.25) is 9.59 Å². The predicted octanol–water partition coefficient (Wildman–Crippen LogP) is 6.10. The van der Waals surface area contributed by atoms with E-state index in [4.69, 9.17) is 9.47 Å². The molecule has 8 atom stereocenters. The highest BCUT2D eigenvalue weighted by Gasteiger charge is 2.62.